The molecule has 2 amide bonds. The molecule has 126 valence electrons. The Morgan fingerprint density at radius 3 is 3.04 bits per heavy atom. The van der Waals surface area contributed by atoms with Gasteiger partial charge in [0, 0.05) is 9.99 Å². The van der Waals surface area contributed by atoms with E-state index < -0.39 is 24.1 Å². The predicted molar refractivity (Wildman–Crippen MR) is 92.0 cm³/mol. The number of hydrogen-bond acceptors (Lipinski definition) is 6. The van der Waals surface area contributed by atoms with Crippen molar-refractivity contribution in [3.05, 3.63) is 33.3 Å². The molecule has 1 aliphatic rings. The fourth-order valence-corrected chi connectivity index (χ4v) is 3.11. The van der Waals surface area contributed by atoms with E-state index in [1.165, 1.54) is 11.0 Å². The first-order valence-electron chi connectivity index (χ1n) is 6.68. The molecule has 8 nitrogen and oxygen atoms in total. The Labute approximate surface area is 153 Å². The Balaban J connectivity index is 1.72. The van der Waals surface area contributed by atoms with Crippen LogP contribution in [0.3, 0.4) is 0 Å². The number of cyclic esters (lactones) is 1. The normalized spacial score (nSPS) is 17.0. The quantitative estimate of drug-likeness (QED) is 0.675. The van der Waals surface area contributed by atoms with Crippen LogP contribution in [0, 0.1) is 9.39 Å². The Morgan fingerprint density at radius 2 is 2.33 bits per heavy atom. The minimum Gasteiger partial charge on any atom is -0.465 e. The lowest BCUT2D eigenvalue weighted by Crippen LogP contribution is -2.25. The molecule has 3 rings (SSSR count). The van der Waals surface area contributed by atoms with Gasteiger partial charge in [-0.25, -0.2) is 14.0 Å². The molecule has 11 heteroatoms. The van der Waals surface area contributed by atoms with Crippen molar-refractivity contribution in [1.82, 2.24) is 8.75 Å². The number of hydrogen-bond donors (Lipinski definition) is 2. The van der Waals surface area contributed by atoms with Gasteiger partial charge in [-0.2, -0.15) is 8.75 Å². The molecule has 1 aliphatic heterocycles. The number of amides is 2. The van der Waals surface area contributed by atoms with Crippen LogP contribution >= 0.6 is 34.3 Å². The third-order valence-corrected chi connectivity index (χ3v) is 4.73. The second-order valence-corrected chi connectivity index (χ2v) is 6.60. The van der Waals surface area contributed by atoms with E-state index in [4.69, 9.17) is 9.84 Å². The van der Waals surface area contributed by atoms with Crippen molar-refractivity contribution in [3.8, 4) is 0 Å². The van der Waals surface area contributed by atoms with Crippen LogP contribution < -0.4 is 10.2 Å². The van der Waals surface area contributed by atoms with Gasteiger partial charge in [-0.3, -0.25) is 10.2 Å². The highest BCUT2D eigenvalue weighted by molar-refractivity contribution is 14.1. The number of aromatic nitrogens is 2. The molecule has 1 atom stereocenters. The number of carboxylic acid groups (broad SMARTS) is 1. The summed E-state index contributed by atoms with van der Waals surface area (Å²) in [5.74, 6) is -0.289. The summed E-state index contributed by atoms with van der Waals surface area (Å²) >= 11 is 2.73. The summed E-state index contributed by atoms with van der Waals surface area (Å²) in [6.45, 7) is 0.211. The van der Waals surface area contributed by atoms with Crippen molar-refractivity contribution >= 4 is 58.0 Å². The number of benzene rings is 1. The largest absolute Gasteiger partial charge is 0.465 e. The van der Waals surface area contributed by atoms with Crippen LogP contribution in [0.5, 0.6) is 0 Å². The molecule has 24 heavy (non-hydrogen) atoms. The molecule has 1 aromatic heterocycles. The number of halogens is 2. The molecule has 2 heterocycles. The van der Waals surface area contributed by atoms with Crippen molar-refractivity contribution in [2.75, 3.05) is 16.8 Å². The molecule has 0 unspecified atom stereocenters. The molecular weight excluding hydrogens is 454 g/mol. The van der Waals surface area contributed by atoms with E-state index >= 15 is 0 Å². The summed E-state index contributed by atoms with van der Waals surface area (Å²) in [6, 6.07) is 4.48. The molecule has 0 bridgehead atoms. The zero-order valence-corrected chi connectivity index (χ0v) is 14.9. The third-order valence-electron chi connectivity index (χ3n) is 3.29. The minimum absolute atomic E-state index is 0.127. The SMILES string of the molecule is O=C(O)Nc1nsnc1C[C@@H]1CN(c2ccc(I)c(F)c2)C(=O)O1. The lowest BCUT2D eigenvalue weighted by molar-refractivity contribution is 0.141. The molecule has 2 N–H and O–H groups in total. The van der Waals surface area contributed by atoms with E-state index in [2.05, 4.69) is 14.1 Å². The first kappa shape index (κ1) is 16.8. The van der Waals surface area contributed by atoms with Crippen LogP contribution in [0.25, 0.3) is 0 Å². The van der Waals surface area contributed by atoms with Crippen LogP contribution in [0.2, 0.25) is 0 Å². The van der Waals surface area contributed by atoms with Gasteiger partial charge in [-0.15, -0.1) is 0 Å². The number of nitrogens with one attached hydrogen (secondary N) is 1. The van der Waals surface area contributed by atoms with E-state index in [0.29, 0.717) is 15.0 Å². The van der Waals surface area contributed by atoms with E-state index in [1.54, 1.807) is 12.1 Å². The Morgan fingerprint density at radius 1 is 1.54 bits per heavy atom. The van der Waals surface area contributed by atoms with Gasteiger partial charge in [-0.05, 0) is 40.8 Å². The maximum atomic E-state index is 13.7. The number of carbonyl (C=O) groups is 2. The Hall–Kier alpha value is -2.02. The van der Waals surface area contributed by atoms with Crippen molar-refractivity contribution in [3.63, 3.8) is 0 Å². The molecule has 0 spiro atoms. The van der Waals surface area contributed by atoms with Crippen LogP contribution in [-0.2, 0) is 11.2 Å². The Kier molecular flexibility index (Phi) is 4.80. The number of nitrogens with zero attached hydrogens (tertiary/aromatic N) is 3. The standard InChI is InChI=1S/C13H10FIN4O4S/c14-8-3-6(1-2-9(8)15)19-5-7(23-13(19)22)4-10-11(16-12(20)21)18-24-17-10/h1-3,7H,4-5H2,(H,16,18)(H,20,21)/t7-/m1/s1. The first-order chi connectivity index (χ1) is 11.4. The number of carbonyl (C=O) groups excluding carboxylic acids is 1. The molecule has 0 saturated carbocycles. The van der Waals surface area contributed by atoms with Crippen LogP contribution in [-0.4, -0.2) is 38.7 Å². The van der Waals surface area contributed by atoms with Crippen LogP contribution in [0.4, 0.5) is 25.5 Å². The zero-order chi connectivity index (χ0) is 17.3. The molecule has 1 saturated heterocycles. The van der Waals surface area contributed by atoms with Gasteiger partial charge in [0.25, 0.3) is 0 Å². The highest BCUT2D eigenvalue weighted by Crippen LogP contribution is 2.26. The molecule has 0 radical (unpaired) electrons. The average molecular weight is 464 g/mol. The van der Waals surface area contributed by atoms with Gasteiger partial charge >= 0.3 is 12.2 Å². The first-order valence-corrected chi connectivity index (χ1v) is 8.49. The van der Waals surface area contributed by atoms with Gasteiger partial charge in [0.1, 0.15) is 17.6 Å². The molecule has 2 aromatic rings. The Bertz CT molecular complexity index is 802. The van der Waals surface area contributed by atoms with E-state index in [-0.39, 0.29) is 18.8 Å². The number of anilines is 2. The van der Waals surface area contributed by atoms with E-state index in [0.717, 1.165) is 11.7 Å². The molecule has 1 aromatic carbocycles. The zero-order valence-electron chi connectivity index (χ0n) is 11.9. The topological polar surface area (TPSA) is 105 Å². The van der Waals surface area contributed by atoms with Crippen molar-refractivity contribution < 1.29 is 23.8 Å². The van der Waals surface area contributed by atoms with E-state index in [9.17, 15) is 14.0 Å². The maximum Gasteiger partial charge on any atom is 0.414 e. The summed E-state index contributed by atoms with van der Waals surface area (Å²) in [7, 11) is 0. The lowest BCUT2D eigenvalue weighted by Gasteiger charge is -2.13. The lowest BCUT2D eigenvalue weighted by atomic mass is 10.2. The fourth-order valence-electron chi connectivity index (χ4n) is 2.24. The van der Waals surface area contributed by atoms with Crippen molar-refractivity contribution in [1.29, 1.82) is 0 Å². The van der Waals surface area contributed by atoms with Gasteiger partial charge in [0.05, 0.1) is 24.0 Å². The van der Waals surface area contributed by atoms with Crippen molar-refractivity contribution in [2.24, 2.45) is 0 Å². The van der Waals surface area contributed by atoms with Gasteiger partial charge < -0.3 is 9.84 Å². The van der Waals surface area contributed by atoms with Gasteiger partial charge in [0.2, 0.25) is 0 Å². The fraction of sp³-hybridized carbons (Fsp3) is 0.231. The molecule has 0 aliphatic carbocycles. The van der Waals surface area contributed by atoms with Crippen molar-refractivity contribution in [2.45, 2.75) is 12.5 Å². The number of ether oxygens (including phenoxy) is 1. The van der Waals surface area contributed by atoms with Crippen LogP contribution in [0.1, 0.15) is 5.69 Å². The van der Waals surface area contributed by atoms with Crippen LogP contribution in [0.15, 0.2) is 18.2 Å². The second kappa shape index (κ2) is 6.84. The molecule has 1 fully saturated rings. The summed E-state index contributed by atoms with van der Waals surface area (Å²) < 4.78 is 27.2. The predicted octanol–water partition coefficient (Wildman–Crippen LogP) is 2.94. The second-order valence-electron chi connectivity index (χ2n) is 4.91. The summed E-state index contributed by atoms with van der Waals surface area (Å²) in [4.78, 5) is 24.0. The maximum absolute atomic E-state index is 13.7. The summed E-state index contributed by atoms with van der Waals surface area (Å²) in [5.41, 5.74) is 0.802. The average Bonchev–Trinajstić information content (AvgIpc) is 3.09. The highest BCUT2D eigenvalue weighted by Gasteiger charge is 2.34. The van der Waals surface area contributed by atoms with E-state index in [1.807, 2.05) is 22.6 Å². The highest BCUT2D eigenvalue weighted by atomic mass is 127. The smallest absolute Gasteiger partial charge is 0.414 e. The summed E-state index contributed by atoms with van der Waals surface area (Å²) in [6.07, 6.45) is -2.15. The summed E-state index contributed by atoms with van der Waals surface area (Å²) in [5, 5.41) is 10.9. The molecular formula is C13H10FIN4O4S. The third kappa shape index (κ3) is 3.56. The van der Waals surface area contributed by atoms with Gasteiger partial charge in [0.15, 0.2) is 5.82 Å². The van der Waals surface area contributed by atoms with Gasteiger partial charge in [-0.1, -0.05) is 0 Å². The minimum atomic E-state index is -1.25. The monoisotopic (exact) mass is 464 g/mol. The number of rotatable bonds is 4.